The molecule has 0 radical (unpaired) electrons. The van der Waals surface area contributed by atoms with Crippen LogP contribution < -0.4 is 10.1 Å². The lowest BCUT2D eigenvalue weighted by Crippen LogP contribution is -2.35. The van der Waals surface area contributed by atoms with Crippen LogP contribution in [0, 0.1) is 17.8 Å². The monoisotopic (exact) mass is 402 g/mol. The fraction of sp³-hybridized carbons (Fsp3) is 0.423. The molecule has 2 aliphatic heterocycles. The molecule has 5 rings (SSSR count). The van der Waals surface area contributed by atoms with Gasteiger partial charge in [0.1, 0.15) is 11.5 Å². The Kier molecular flexibility index (Phi) is 5.11. The van der Waals surface area contributed by atoms with Crippen LogP contribution in [0.2, 0.25) is 0 Å². The van der Waals surface area contributed by atoms with E-state index in [1.807, 2.05) is 48.5 Å². The van der Waals surface area contributed by atoms with Crippen molar-refractivity contribution < 1.29 is 9.53 Å². The van der Waals surface area contributed by atoms with Gasteiger partial charge in [0.2, 0.25) is 5.91 Å². The van der Waals surface area contributed by atoms with Crippen molar-refractivity contribution in [2.75, 3.05) is 26.2 Å². The van der Waals surface area contributed by atoms with Gasteiger partial charge in [-0.1, -0.05) is 48.0 Å². The summed E-state index contributed by atoms with van der Waals surface area (Å²) >= 11 is 0. The molecule has 1 saturated heterocycles. The van der Waals surface area contributed by atoms with E-state index >= 15 is 0 Å². The number of allylic oxidation sites excluding steroid dienone is 1. The van der Waals surface area contributed by atoms with Crippen LogP contribution in [0.4, 0.5) is 0 Å². The van der Waals surface area contributed by atoms with Crippen LogP contribution in [0.1, 0.15) is 37.3 Å². The Morgan fingerprint density at radius 1 is 1.03 bits per heavy atom. The van der Waals surface area contributed by atoms with Crippen molar-refractivity contribution in [2.45, 2.75) is 26.2 Å². The van der Waals surface area contributed by atoms with Crippen LogP contribution in [-0.2, 0) is 4.79 Å². The molecule has 1 unspecified atom stereocenters. The molecule has 2 aromatic carbocycles. The molecule has 2 aromatic rings. The first kappa shape index (κ1) is 19.4. The maximum atomic E-state index is 13.3. The molecule has 0 aromatic heterocycles. The second-order valence-corrected chi connectivity index (χ2v) is 9.18. The highest BCUT2D eigenvalue weighted by molar-refractivity contribution is 5.89. The molecule has 3 aliphatic rings. The van der Waals surface area contributed by atoms with Gasteiger partial charge in [0.05, 0.1) is 5.92 Å². The minimum atomic E-state index is -0.301. The molecule has 1 aliphatic carbocycles. The van der Waals surface area contributed by atoms with Crippen molar-refractivity contribution in [3.63, 3.8) is 0 Å². The first-order valence-electron chi connectivity index (χ1n) is 11.1. The van der Waals surface area contributed by atoms with Crippen molar-refractivity contribution in [2.24, 2.45) is 17.8 Å². The zero-order valence-corrected chi connectivity index (χ0v) is 17.8. The zero-order valence-electron chi connectivity index (χ0n) is 17.8. The molecule has 1 amide bonds. The van der Waals surface area contributed by atoms with Gasteiger partial charge in [-0.05, 0) is 50.2 Å². The number of benzene rings is 2. The minimum absolute atomic E-state index is 0.0867. The van der Waals surface area contributed by atoms with Crippen LogP contribution in [-0.4, -0.2) is 37.0 Å². The third-order valence-electron chi connectivity index (χ3n) is 6.90. The third-order valence-corrected chi connectivity index (χ3v) is 6.90. The SMILES string of the molecule is CC(C)=CCCN1CC2[C@H](CNC(=O)C3c4ccccc4Oc4ccccc43)[C@H]2C1. The van der Waals surface area contributed by atoms with Crippen molar-refractivity contribution in [3.8, 4) is 11.5 Å². The lowest BCUT2D eigenvalue weighted by atomic mass is 9.87. The van der Waals surface area contributed by atoms with E-state index in [1.54, 1.807) is 0 Å². The molecular formula is C26H30N2O2. The normalized spacial score (nSPS) is 24.3. The summed E-state index contributed by atoms with van der Waals surface area (Å²) in [6.45, 7) is 8.64. The summed E-state index contributed by atoms with van der Waals surface area (Å²) in [5.74, 6) is 3.50. The molecule has 2 heterocycles. The summed E-state index contributed by atoms with van der Waals surface area (Å²) in [6.07, 6.45) is 3.47. The van der Waals surface area contributed by atoms with Gasteiger partial charge in [-0.2, -0.15) is 0 Å². The summed E-state index contributed by atoms with van der Waals surface area (Å²) < 4.78 is 6.03. The first-order chi connectivity index (χ1) is 14.6. The fourth-order valence-electron chi connectivity index (χ4n) is 5.27. The molecule has 0 spiro atoms. The standard InChI is InChI=1S/C26H30N2O2/c1-17(2)8-7-13-28-15-21-20(22(21)16-28)14-27-26(29)25-18-9-3-5-11-23(18)30-24-12-6-4-10-19(24)25/h3-6,8-12,20-22,25H,7,13-16H2,1-2H3,(H,27,29)/t20-,21-,22?/m1/s1. The van der Waals surface area contributed by atoms with Gasteiger partial charge in [-0.25, -0.2) is 0 Å². The Balaban J connectivity index is 1.20. The predicted molar refractivity (Wildman–Crippen MR) is 119 cm³/mol. The maximum absolute atomic E-state index is 13.3. The van der Waals surface area contributed by atoms with E-state index in [0.29, 0.717) is 5.92 Å². The van der Waals surface area contributed by atoms with Crippen LogP contribution in [0.5, 0.6) is 11.5 Å². The number of carbonyl (C=O) groups excluding carboxylic acids is 1. The lowest BCUT2D eigenvalue weighted by Gasteiger charge is -2.27. The zero-order chi connectivity index (χ0) is 20.7. The Bertz CT molecular complexity index is 921. The number of amides is 1. The summed E-state index contributed by atoms with van der Waals surface area (Å²) in [7, 11) is 0. The Morgan fingerprint density at radius 2 is 1.63 bits per heavy atom. The smallest absolute Gasteiger partial charge is 0.232 e. The van der Waals surface area contributed by atoms with E-state index in [-0.39, 0.29) is 11.8 Å². The minimum Gasteiger partial charge on any atom is -0.457 e. The predicted octanol–water partition coefficient (Wildman–Crippen LogP) is 4.57. The summed E-state index contributed by atoms with van der Waals surface area (Å²) in [4.78, 5) is 15.8. The van der Waals surface area contributed by atoms with E-state index < -0.39 is 0 Å². The Hall–Kier alpha value is -2.59. The fourth-order valence-corrected chi connectivity index (χ4v) is 5.27. The summed E-state index contributed by atoms with van der Waals surface area (Å²) in [5, 5.41) is 3.28. The van der Waals surface area contributed by atoms with Crippen molar-refractivity contribution in [3.05, 3.63) is 71.3 Å². The van der Waals surface area contributed by atoms with Crippen LogP contribution >= 0.6 is 0 Å². The number of piperidine rings is 1. The Labute approximate surface area is 178 Å². The largest absolute Gasteiger partial charge is 0.457 e. The van der Waals surface area contributed by atoms with Gasteiger partial charge in [0.15, 0.2) is 0 Å². The average Bonchev–Trinajstić information content (AvgIpc) is 3.20. The molecule has 156 valence electrons. The topological polar surface area (TPSA) is 41.6 Å². The molecule has 2 fully saturated rings. The summed E-state index contributed by atoms with van der Waals surface area (Å²) in [6, 6.07) is 15.8. The number of rotatable bonds is 6. The highest BCUT2D eigenvalue weighted by Gasteiger charge is 2.55. The van der Waals surface area contributed by atoms with Gasteiger partial charge in [0.25, 0.3) is 0 Å². The molecule has 1 saturated carbocycles. The first-order valence-corrected chi connectivity index (χ1v) is 11.1. The lowest BCUT2D eigenvalue weighted by molar-refractivity contribution is -0.121. The molecule has 3 atom stereocenters. The molecule has 0 bridgehead atoms. The average molecular weight is 403 g/mol. The van der Waals surface area contributed by atoms with Gasteiger partial charge < -0.3 is 15.0 Å². The van der Waals surface area contributed by atoms with Gasteiger partial charge >= 0.3 is 0 Å². The van der Waals surface area contributed by atoms with Crippen molar-refractivity contribution >= 4 is 5.91 Å². The number of hydrogen-bond acceptors (Lipinski definition) is 3. The molecule has 4 nitrogen and oxygen atoms in total. The number of fused-ring (bicyclic) bond motifs is 3. The van der Waals surface area contributed by atoms with E-state index in [0.717, 1.165) is 54.0 Å². The van der Waals surface area contributed by atoms with Gasteiger partial charge in [-0.15, -0.1) is 0 Å². The highest BCUT2D eigenvalue weighted by Crippen LogP contribution is 2.51. The van der Waals surface area contributed by atoms with Crippen molar-refractivity contribution in [1.29, 1.82) is 0 Å². The van der Waals surface area contributed by atoms with Gasteiger partial charge in [0, 0.05) is 37.3 Å². The molecule has 4 heteroatoms. The molecular weight excluding hydrogens is 372 g/mol. The number of nitrogens with zero attached hydrogens (tertiary/aromatic N) is 1. The van der Waals surface area contributed by atoms with E-state index in [4.69, 9.17) is 4.74 Å². The van der Waals surface area contributed by atoms with Crippen molar-refractivity contribution in [1.82, 2.24) is 10.2 Å². The number of ether oxygens (including phenoxy) is 1. The van der Waals surface area contributed by atoms with Gasteiger partial charge in [-0.3, -0.25) is 4.79 Å². The van der Waals surface area contributed by atoms with Crippen LogP contribution in [0.25, 0.3) is 0 Å². The Morgan fingerprint density at radius 3 is 2.23 bits per heavy atom. The number of likely N-dealkylation sites (tertiary alicyclic amines) is 1. The van der Waals surface area contributed by atoms with E-state index in [2.05, 4.69) is 30.1 Å². The van der Waals surface area contributed by atoms with Crippen LogP contribution in [0.3, 0.4) is 0 Å². The van der Waals surface area contributed by atoms with E-state index in [1.165, 1.54) is 18.7 Å². The third kappa shape index (κ3) is 3.65. The quantitative estimate of drug-likeness (QED) is 0.720. The molecule has 30 heavy (non-hydrogen) atoms. The second-order valence-electron chi connectivity index (χ2n) is 9.18. The molecule has 1 N–H and O–H groups in total. The second kappa shape index (κ2) is 7.92. The number of para-hydroxylation sites is 2. The summed E-state index contributed by atoms with van der Waals surface area (Å²) in [5.41, 5.74) is 3.31. The number of hydrogen-bond donors (Lipinski definition) is 1. The maximum Gasteiger partial charge on any atom is 0.232 e. The van der Waals surface area contributed by atoms with Crippen LogP contribution in [0.15, 0.2) is 60.2 Å². The number of nitrogens with one attached hydrogen (secondary N) is 1. The highest BCUT2D eigenvalue weighted by atomic mass is 16.5. The van der Waals surface area contributed by atoms with E-state index in [9.17, 15) is 4.79 Å². The number of carbonyl (C=O) groups is 1.